The minimum absolute atomic E-state index is 0.0960. The number of nitrogens with zero attached hydrogens (tertiary/aromatic N) is 1. The summed E-state index contributed by atoms with van der Waals surface area (Å²) in [7, 11) is 0. The second-order valence-corrected chi connectivity index (χ2v) is 7.58. The summed E-state index contributed by atoms with van der Waals surface area (Å²) in [6, 6.07) is 5.21. The molecule has 1 aliphatic heterocycles. The Kier molecular flexibility index (Phi) is 6.92. The van der Waals surface area contributed by atoms with Crippen molar-refractivity contribution < 1.29 is 19.4 Å². The molecule has 2 amide bonds. The highest BCUT2D eigenvalue weighted by molar-refractivity contribution is 6.07. The maximum Gasteiger partial charge on any atom is 0.240 e. The zero-order valence-corrected chi connectivity index (χ0v) is 16.3. The molecule has 0 radical (unpaired) electrons. The van der Waals surface area contributed by atoms with E-state index in [2.05, 4.69) is 21.2 Å². The molecule has 8 heteroatoms. The van der Waals surface area contributed by atoms with E-state index in [1.54, 1.807) is 18.2 Å². The van der Waals surface area contributed by atoms with Gasteiger partial charge in [0.05, 0.1) is 5.71 Å². The van der Waals surface area contributed by atoms with Crippen LogP contribution < -0.4 is 20.8 Å². The van der Waals surface area contributed by atoms with Crippen molar-refractivity contribution in [1.82, 2.24) is 10.7 Å². The van der Waals surface area contributed by atoms with Crippen LogP contribution in [0.4, 0.5) is 5.69 Å². The van der Waals surface area contributed by atoms with Crippen molar-refractivity contribution in [2.75, 3.05) is 18.5 Å². The van der Waals surface area contributed by atoms with Gasteiger partial charge in [-0.1, -0.05) is 0 Å². The third-order valence-corrected chi connectivity index (χ3v) is 3.81. The van der Waals surface area contributed by atoms with Gasteiger partial charge in [0.15, 0.2) is 0 Å². The number of anilines is 1. The average Bonchev–Trinajstić information content (AvgIpc) is 2.58. The van der Waals surface area contributed by atoms with Gasteiger partial charge in [0.1, 0.15) is 18.5 Å². The van der Waals surface area contributed by atoms with Gasteiger partial charge in [-0.2, -0.15) is 5.10 Å². The molecule has 148 valence electrons. The number of ether oxygens (including phenoxy) is 1. The number of amides is 2. The fourth-order valence-electron chi connectivity index (χ4n) is 2.50. The van der Waals surface area contributed by atoms with Gasteiger partial charge in [0, 0.05) is 43.1 Å². The number of carbonyl (C=O) groups excluding carboxylic acids is 2. The molecule has 1 aromatic rings. The highest BCUT2D eigenvalue weighted by Gasteiger charge is 2.19. The van der Waals surface area contributed by atoms with Crippen molar-refractivity contribution in [3.63, 3.8) is 0 Å². The molecule has 1 atom stereocenters. The molecule has 0 aromatic heterocycles. The Morgan fingerprint density at radius 1 is 1.37 bits per heavy atom. The van der Waals surface area contributed by atoms with Gasteiger partial charge in [0.25, 0.3) is 0 Å². The van der Waals surface area contributed by atoms with Crippen LogP contribution in [0, 0.1) is 0 Å². The topological polar surface area (TPSA) is 112 Å². The number of hydrogen-bond acceptors (Lipinski definition) is 6. The lowest BCUT2D eigenvalue weighted by molar-refractivity contribution is -0.121. The quantitative estimate of drug-likeness (QED) is 0.574. The monoisotopic (exact) mass is 376 g/mol. The third kappa shape index (κ3) is 6.99. The minimum Gasteiger partial charge on any atom is -0.490 e. The van der Waals surface area contributed by atoms with Gasteiger partial charge < -0.3 is 20.5 Å². The largest absolute Gasteiger partial charge is 0.490 e. The molecule has 0 aliphatic carbocycles. The SMILES string of the molecule is CC(=O)Nc1ccc(OCC(O)CNC(C)(C)C)c(C2=NNC(=O)CC2)c1. The summed E-state index contributed by atoms with van der Waals surface area (Å²) in [5, 5.41) is 20.2. The summed E-state index contributed by atoms with van der Waals surface area (Å²) < 4.78 is 5.81. The van der Waals surface area contributed by atoms with Crippen LogP contribution in [-0.4, -0.2) is 47.4 Å². The first-order chi connectivity index (χ1) is 12.6. The van der Waals surface area contributed by atoms with Gasteiger partial charge in [-0.15, -0.1) is 0 Å². The van der Waals surface area contributed by atoms with E-state index in [0.29, 0.717) is 42.1 Å². The van der Waals surface area contributed by atoms with Gasteiger partial charge in [-0.05, 0) is 39.0 Å². The number of nitrogens with one attached hydrogen (secondary N) is 3. The molecule has 0 saturated carbocycles. The fraction of sp³-hybridized carbons (Fsp3) is 0.526. The first-order valence-corrected chi connectivity index (χ1v) is 8.97. The van der Waals surface area contributed by atoms with E-state index in [4.69, 9.17) is 4.74 Å². The Morgan fingerprint density at radius 2 is 2.11 bits per heavy atom. The number of aliphatic hydroxyl groups is 1. The highest BCUT2D eigenvalue weighted by atomic mass is 16.5. The molecule has 1 aromatic carbocycles. The number of rotatable bonds is 7. The minimum atomic E-state index is -0.680. The molecular formula is C19H28N4O4. The van der Waals surface area contributed by atoms with Crippen molar-refractivity contribution in [3.8, 4) is 5.75 Å². The second kappa shape index (κ2) is 8.96. The molecule has 1 aliphatic rings. The molecule has 4 N–H and O–H groups in total. The average molecular weight is 376 g/mol. The molecule has 1 unspecified atom stereocenters. The predicted octanol–water partition coefficient (Wildman–Crippen LogP) is 1.39. The van der Waals surface area contributed by atoms with E-state index in [1.807, 2.05) is 20.8 Å². The van der Waals surface area contributed by atoms with Gasteiger partial charge >= 0.3 is 0 Å². The first-order valence-electron chi connectivity index (χ1n) is 8.97. The van der Waals surface area contributed by atoms with Crippen molar-refractivity contribution in [1.29, 1.82) is 0 Å². The van der Waals surface area contributed by atoms with Crippen LogP contribution in [0.25, 0.3) is 0 Å². The summed E-state index contributed by atoms with van der Waals surface area (Å²) >= 11 is 0. The van der Waals surface area contributed by atoms with E-state index in [-0.39, 0.29) is 24.0 Å². The van der Waals surface area contributed by atoms with Gasteiger partial charge in [-0.25, -0.2) is 5.43 Å². The van der Waals surface area contributed by atoms with Crippen molar-refractivity contribution >= 4 is 23.2 Å². The van der Waals surface area contributed by atoms with Crippen LogP contribution in [-0.2, 0) is 9.59 Å². The van der Waals surface area contributed by atoms with Crippen LogP contribution in [0.1, 0.15) is 46.1 Å². The summed E-state index contributed by atoms with van der Waals surface area (Å²) in [6.07, 6.45) is 0.126. The summed E-state index contributed by atoms with van der Waals surface area (Å²) in [5.74, 6) is 0.217. The Labute approximate surface area is 159 Å². The number of carbonyl (C=O) groups is 2. The first kappa shape index (κ1) is 20.9. The number of benzene rings is 1. The smallest absolute Gasteiger partial charge is 0.240 e. The van der Waals surface area contributed by atoms with E-state index < -0.39 is 6.10 Å². The molecule has 1 heterocycles. The Hall–Kier alpha value is -2.45. The van der Waals surface area contributed by atoms with E-state index in [0.717, 1.165) is 0 Å². The summed E-state index contributed by atoms with van der Waals surface area (Å²) in [4.78, 5) is 22.7. The number of β-amino-alcohol motifs (C(OH)–C–C–N with tert-alkyl or cyclic N) is 1. The third-order valence-electron chi connectivity index (χ3n) is 3.81. The molecule has 0 spiro atoms. The van der Waals surface area contributed by atoms with Crippen LogP contribution in [0.2, 0.25) is 0 Å². The number of hydrogen-bond donors (Lipinski definition) is 4. The normalized spacial score (nSPS) is 15.6. The summed E-state index contributed by atoms with van der Waals surface area (Å²) in [6.45, 7) is 8.01. The zero-order valence-electron chi connectivity index (χ0n) is 16.3. The zero-order chi connectivity index (χ0) is 20.0. The molecule has 2 rings (SSSR count). The van der Waals surface area contributed by atoms with Crippen LogP contribution in [0.3, 0.4) is 0 Å². The van der Waals surface area contributed by atoms with Crippen molar-refractivity contribution in [2.45, 2.75) is 52.2 Å². The van der Waals surface area contributed by atoms with E-state index in [9.17, 15) is 14.7 Å². The molecule has 0 fully saturated rings. The molecule has 0 bridgehead atoms. The van der Waals surface area contributed by atoms with E-state index in [1.165, 1.54) is 6.92 Å². The van der Waals surface area contributed by atoms with Crippen molar-refractivity contribution in [2.24, 2.45) is 5.10 Å². The lowest BCUT2D eigenvalue weighted by Gasteiger charge is -2.23. The number of hydrazone groups is 1. The van der Waals surface area contributed by atoms with Crippen LogP contribution in [0.15, 0.2) is 23.3 Å². The Bertz CT molecular complexity index is 725. The second-order valence-electron chi connectivity index (χ2n) is 7.58. The maximum atomic E-state index is 11.4. The van der Waals surface area contributed by atoms with Gasteiger partial charge in [-0.3, -0.25) is 9.59 Å². The summed E-state index contributed by atoms with van der Waals surface area (Å²) in [5.41, 5.74) is 4.32. The standard InChI is InChI=1S/C19H28N4O4/c1-12(24)21-13-5-7-17(27-11-14(25)10-20-19(2,3)4)15(9-13)16-6-8-18(26)23-22-16/h5,7,9,14,20,25H,6,8,10-11H2,1-4H3,(H,21,24)(H,23,26). The molecule has 0 saturated heterocycles. The molecule has 27 heavy (non-hydrogen) atoms. The maximum absolute atomic E-state index is 11.4. The molecular weight excluding hydrogens is 348 g/mol. The van der Waals surface area contributed by atoms with E-state index >= 15 is 0 Å². The van der Waals surface area contributed by atoms with Crippen LogP contribution >= 0.6 is 0 Å². The number of aliphatic hydroxyl groups excluding tert-OH is 1. The predicted molar refractivity (Wildman–Crippen MR) is 104 cm³/mol. The van der Waals surface area contributed by atoms with Crippen molar-refractivity contribution in [3.05, 3.63) is 23.8 Å². The lowest BCUT2D eigenvalue weighted by atomic mass is 10.0. The molecule has 8 nitrogen and oxygen atoms in total. The van der Waals surface area contributed by atoms with Gasteiger partial charge in [0.2, 0.25) is 11.8 Å². The Morgan fingerprint density at radius 3 is 2.70 bits per heavy atom. The van der Waals surface area contributed by atoms with Crippen LogP contribution in [0.5, 0.6) is 5.75 Å². The highest BCUT2D eigenvalue weighted by Crippen LogP contribution is 2.26. The Balaban J connectivity index is 2.14. The fourth-order valence-corrected chi connectivity index (χ4v) is 2.50. The lowest BCUT2D eigenvalue weighted by Crippen LogP contribution is -2.42.